The van der Waals surface area contributed by atoms with Gasteiger partial charge in [-0.15, -0.1) is 0 Å². The highest BCUT2D eigenvalue weighted by Crippen LogP contribution is 2.46. The van der Waals surface area contributed by atoms with Crippen molar-refractivity contribution in [3.05, 3.63) is 137 Å². The molecule has 44 heavy (non-hydrogen) atoms. The third-order valence-corrected chi connectivity index (χ3v) is 8.32. The summed E-state index contributed by atoms with van der Waals surface area (Å²) in [7, 11) is 0. The number of aldehydes is 1. The molecule has 0 spiro atoms. The van der Waals surface area contributed by atoms with E-state index in [0.717, 1.165) is 0 Å². The Balaban J connectivity index is 1.65. The van der Waals surface area contributed by atoms with Crippen LogP contribution in [-0.4, -0.2) is 10.3 Å². The van der Waals surface area contributed by atoms with Crippen LogP contribution in [0.25, 0.3) is 44.4 Å². The minimum Gasteiger partial charge on any atom is -0.298 e. The molecule has 0 amide bonds. The van der Waals surface area contributed by atoms with Gasteiger partial charge in [0.25, 0.3) is 6.43 Å². The Kier molecular flexibility index (Phi) is 7.76. The standard InChI is InChI=1S/C36H20F3N3OS/c37-28-11-15-33-32(18-28)34(31-7-2-1-4-26(31)19-40)35(42(33)44-29-12-9-23(10-13-29)36(38)39)25-6-3-5-24(17-25)30-14-8-22(21-43)16-27(30)20-41/h1-18,21,36H. The molecule has 0 aliphatic rings. The zero-order chi connectivity index (χ0) is 30.8. The molecule has 5 aromatic carbocycles. The topological polar surface area (TPSA) is 69.6 Å². The van der Waals surface area contributed by atoms with Crippen LogP contribution < -0.4 is 0 Å². The van der Waals surface area contributed by atoms with Crippen LogP contribution in [0.1, 0.15) is 33.5 Å². The van der Waals surface area contributed by atoms with Gasteiger partial charge in [0.05, 0.1) is 34.5 Å². The number of alkyl halides is 2. The number of halogens is 3. The van der Waals surface area contributed by atoms with Gasteiger partial charge in [-0.1, -0.05) is 60.7 Å². The number of hydrogen-bond donors (Lipinski definition) is 0. The average molecular weight is 600 g/mol. The third kappa shape index (κ3) is 5.24. The first-order valence-corrected chi connectivity index (χ1v) is 14.2. The summed E-state index contributed by atoms with van der Waals surface area (Å²) >= 11 is 1.28. The second kappa shape index (κ2) is 12.0. The quantitative estimate of drug-likeness (QED) is 0.171. The fraction of sp³-hybridized carbons (Fsp3) is 0.0278. The second-order valence-corrected chi connectivity index (χ2v) is 10.9. The predicted molar refractivity (Wildman–Crippen MR) is 166 cm³/mol. The minimum atomic E-state index is -2.60. The highest BCUT2D eigenvalue weighted by molar-refractivity contribution is 7.98. The highest BCUT2D eigenvalue weighted by Gasteiger charge is 2.24. The van der Waals surface area contributed by atoms with Crippen molar-refractivity contribution >= 4 is 29.1 Å². The van der Waals surface area contributed by atoms with Gasteiger partial charge in [-0.2, -0.15) is 10.5 Å². The van der Waals surface area contributed by atoms with Gasteiger partial charge in [0.2, 0.25) is 0 Å². The van der Waals surface area contributed by atoms with E-state index >= 15 is 0 Å². The maximum Gasteiger partial charge on any atom is 0.263 e. The van der Waals surface area contributed by atoms with Crippen molar-refractivity contribution in [1.82, 2.24) is 3.97 Å². The van der Waals surface area contributed by atoms with Gasteiger partial charge in [0.15, 0.2) is 0 Å². The number of fused-ring (bicyclic) bond motifs is 1. The number of aromatic nitrogens is 1. The molecule has 0 unspecified atom stereocenters. The fourth-order valence-corrected chi connectivity index (χ4v) is 6.27. The van der Waals surface area contributed by atoms with Gasteiger partial charge < -0.3 is 0 Å². The average Bonchev–Trinajstić information content (AvgIpc) is 3.37. The van der Waals surface area contributed by atoms with E-state index in [0.29, 0.717) is 72.3 Å². The van der Waals surface area contributed by atoms with Crippen molar-refractivity contribution in [3.63, 3.8) is 0 Å². The van der Waals surface area contributed by atoms with Crippen LogP contribution in [0.3, 0.4) is 0 Å². The third-order valence-electron chi connectivity index (χ3n) is 7.28. The lowest BCUT2D eigenvalue weighted by molar-refractivity contribution is 0.112. The van der Waals surface area contributed by atoms with Crippen molar-refractivity contribution in [2.24, 2.45) is 0 Å². The summed E-state index contributed by atoms with van der Waals surface area (Å²) in [5.74, 6) is -0.453. The molecule has 6 aromatic rings. The molecule has 4 nitrogen and oxygen atoms in total. The summed E-state index contributed by atoms with van der Waals surface area (Å²) in [6.07, 6.45) is -1.92. The summed E-state index contributed by atoms with van der Waals surface area (Å²) in [5, 5.41) is 20.4. The summed E-state index contributed by atoms with van der Waals surface area (Å²) in [6, 6.07) is 34.2. The molecule has 1 aromatic heterocycles. The lowest BCUT2D eigenvalue weighted by Crippen LogP contribution is -1.95. The molecular weight excluding hydrogens is 579 g/mol. The first-order chi connectivity index (χ1) is 21.4. The van der Waals surface area contributed by atoms with Gasteiger partial charge >= 0.3 is 0 Å². The molecule has 0 N–H and O–H groups in total. The van der Waals surface area contributed by atoms with E-state index in [4.69, 9.17) is 0 Å². The van der Waals surface area contributed by atoms with E-state index in [-0.39, 0.29) is 5.56 Å². The molecule has 0 saturated carbocycles. The smallest absolute Gasteiger partial charge is 0.263 e. The fourth-order valence-electron chi connectivity index (χ4n) is 5.26. The molecule has 0 radical (unpaired) electrons. The van der Waals surface area contributed by atoms with Crippen molar-refractivity contribution in [1.29, 1.82) is 10.5 Å². The van der Waals surface area contributed by atoms with Crippen LogP contribution in [0, 0.1) is 28.5 Å². The lowest BCUT2D eigenvalue weighted by Gasteiger charge is -2.15. The van der Waals surface area contributed by atoms with Crippen molar-refractivity contribution < 1.29 is 18.0 Å². The van der Waals surface area contributed by atoms with E-state index in [9.17, 15) is 28.5 Å². The zero-order valence-electron chi connectivity index (χ0n) is 22.8. The predicted octanol–water partition coefficient (Wildman–Crippen LogP) is 9.83. The number of hydrogen-bond acceptors (Lipinski definition) is 4. The maximum absolute atomic E-state index is 14.8. The highest BCUT2D eigenvalue weighted by atomic mass is 32.2. The first-order valence-electron chi connectivity index (χ1n) is 13.4. The van der Waals surface area contributed by atoms with E-state index in [1.54, 1.807) is 42.5 Å². The van der Waals surface area contributed by atoms with Gasteiger partial charge in [0.1, 0.15) is 12.1 Å². The van der Waals surface area contributed by atoms with E-state index < -0.39 is 12.2 Å². The Morgan fingerprint density at radius 3 is 2.23 bits per heavy atom. The first kappa shape index (κ1) is 28.5. The van der Waals surface area contributed by atoms with Crippen molar-refractivity contribution in [2.45, 2.75) is 11.3 Å². The Hall–Kier alpha value is -5.57. The lowest BCUT2D eigenvalue weighted by atomic mass is 9.92. The Morgan fingerprint density at radius 1 is 0.750 bits per heavy atom. The molecule has 0 fully saturated rings. The van der Waals surface area contributed by atoms with Gasteiger partial charge in [0, 0.05) is 38.1 Å². The van der Waals surface area contributed by atoms with Crippen molar-refractivity contribution in [2.75, 3.05) is 0 Å². The van der Waals surface area contributed by atoms with Crippen LogP contribution >= 0.6 is 11.9 Å². The summed E-state index contributed by atoms with van der Waals surface area (Å²) in [4.78, 5) is 12.0. The molecule has 0 bridgehead atoms. The molecule has 6 rings (SSSR count). The summed E-state index contributed by atoms with van der Waals surface area (Å²) < 4.78 is 43.3. The molecule has 0 saturated heterocycles. The van der Waals surface area contributed by atoms with Crippen LogP contribution in [-0.2, 0) is 0 Å². The number of carbonyl (C=O) groups excluding carboxylic acids is 1. The van der Waals surface area contributed by atoms with Gasteiger partial charge in [-0.3, -0.25) is 8.77 Å². The SMILES string of the molecule is N#Cc1cc(C=O)ccc1-c1cccc(-c2c(-c3ccccc3C#N)c3cc(F)ccc3n2Sc2ccc(C(F)F)cc2)c1. The van der Waals surface area contributed by atoms with E-state index in [1.807, 2.05) is 40.4 Å². The van der Waals surface area contributed by atoms with Crippen LogP contribution in [0.4, 0.5) is 13.2 Å². The van der Waals surface area contributed by atoms with Gasteiger partial charge in [-0.25, -0.2) is 13.2 Å². The molecule has 8 heteroatoms. The Morgan fingerprint density at radius 2 is 1.50 bits per heavy atom. The molecule has 1 heterocycles. The van der Waals surface area contributed by atoms with Crippen LogP contribution in [0.15, 0.2) is 114 Å². The molecule has 0 aliphatic carbocycles. The summed E-state index contributed by atoms with van der Waals surface area (Å²) in [5.41, 5.74) is 5.61. The normalized spacial score (nSPS) is 11.0. The monoisotopic (exact) mass is 599 g/mol. The number of nitrogens with zero attached hydrogens (tertiary/aromatic N) is 3. The van der Waals surface area contributed by atoms with Gasteiger partial charge in [-0.05, 0) is 71.6 Å². The van der Waals surface area contributed by atoms with Crippen molar-refractivity contribution in [3.8, 4) is 45.6 Å². The second-order valence-electron chi connectivity index (χ2n) is 9.91. The molecular formula is C36H20F3N3OS. The number of rotatable bonds is 7. The molecule has 212 valence electrons. The molecule has 0 atom stereocenters. The Bertz CT molecular complexity index is 2140. The summed E-state index contributed by atoms with van der Waals surface area (Å²) in [6.45, 7) is 0. The minimum absolute atomic E-state index is 0.0979. The number of nitriles is 2. The van der Waals surface area contributed by atoms with E-state index in [1.165, 1.54) is 42.3 Å². The molecule has 0 aliphatic heterocycles. The maximum atomic E-state index is 14.8. The largest absolute Gasteiger partial charge is 0.298 e. The van der Waals surface area contributed by atoms with E-state index in [2.05, 4.69) is 12.1 Å². The number of benzene rings is 5. The van der Waals surface area contributed by atoms with Crippen LogP contribution in [0.5, 0.6) is 0 Å². The Labute approximate surface area is 255 Å². The zero-order valence-corrected chi connectivity index (χ0v) is 23.7. The van der Waals surface area contributed by atoms with Crippen LogP contribution in [0.2, 0.25) is 0 Å². The number of carbonyl (C=O) groups is 1.